The Morgan fingerprint density at radius 2 is 1.81 bits per heavy atom. The Hall–Kier alpha value is -2.49. The minimum absolute atomic E-state index is 0.00513. The van der Waals surface area contributed by atoms with Crippen LogP contribution < -0.4 is 15.4 Å². The third-order valence-corrected chi connectivity index (χ3v) is 3.35. The van der Waals surface area contributed by atoms with Gasteiger partial charge in [-0.2, -0.15) is 0 Å². The highest BCUT2D eigenvalue weighted by Crippen LogP contribution is 2.20. The first-order valence-corrected chi connectivity index (χ1v) is 6.79. The van der Waals surface area contributed by atoms with Crippen LogP contribution in [0.25, 0.3) is 0 Å². The van der Waals surface area contributed by atoms with E-state index in [2.05, 4.69) is 0 Å². The first kappa shape index (κ1) is 14.9. The van der Waals surface area contributed by atoms with Crippen LogP contribution in [0.5, 0.6) is 5.75 Å². The van der Waals surface area contributed by atoms with Crippen LogP contribution in [-0.4, -0.2) is 19.6 Å². The van der Waals surface area contributed by atoms with Gasteiger partial charge in [0, 0.05) is 18.4 Å². The lowest BCUT2D eigenvalue weighted by molar-refractivity contribution is -0.120. The molecule has 0 heterocycles. The van der Waals surface area contributed by atoms with Gasteiger partial charge in [0.05, 0.1) is 0 Å². The van der Waals surface area contributed by atoms with Gasteiger partial charge in [-0.05, 0) is 55.3 Å². The molecule has 4 nitrogen and oxygen atoms in total. The van der Waals surface area contributed by atoms with Crippen molar-refractivity contribution in [3.8, 4) is 5.75 Å². The van der Waals surface area contributed by atoms with Gasteiger partial charge in [-0.15, -0.1) is 0 Å². The van der Waals surface area contributed by atoms with E-state index < -0.39 is 0 Å². The van der Waals surface area contributed by atoms with E-state index in [9.17, 15) is 4.79 Å². The summed E-state index contributed by atoms with van der Waals surface area (Å²) in [5, 5.41) is 0. The number of carbonyl (C=O) groups excluding carboxylic acids is 1. The summed E-state index contributed by atoms with van der Waals surface area (Å²) in [5.74, 6) is 0.634. The molecule has 0 radical (unpaired) electrons. The van der Waals surface area contributed by atoms with Crippen molar-refractivity contribution in [2.45, 2.75) is 13.8 Å². The highest BCUT2D eigenvalue weighted by Gasteiger charge is 2.12. The van der Waals surface area contributed by atoms with Crippen LogP contribution in [-0.2, 0) is 4.79 Å². The average Bonchev–Trinajstić information content (AvgIpc) is 2.48. The first-order chi connectivity index (χ1) is 9.97. The van der Waals surface area contributed by atoms with Crippen LogP contribution in [0.1, 0.15) is 11.1 Å². The summed E-state index contributed by atoms with van der Waals surface area (Å²) in [6.07, 6.45) is 0. The van der Waals surface area contributed by atoms with Crippen molar-refractivity contribution >= 4 is 17.3 Å². The number of nitrogens with zero attached hydrogens (tertiary/aromatic N) is 1. The molecule has 110 valence electrons. The molecule has 21 heavy (non-hydrogen) atoms. The third-order valence-electron chi connectivity index (χ3n) is 3.35. The molecule has 4 heteroatoms. The molecule has 0 fully saturated rings. The first-order valence-electron chi connectivity index (χ1n) is 6.79. The lowest BCUT2D eigenvalue weighted by Gasteiger charge is -2.18. The molecule has 0 aromatic heterocycles. The number of hydrogen-bond donors (Lipinski definition) is 1. The quantitative estimate of drug-likeness (QED) is 0.878. The topological polar surface area (TPSA) is 55.6 Å². The van der Waals surface area contributed by atoms with Gasteiger partial charge in [-0.1, -0.05) is 12.1 Å². The molecule has 0 bridgehead atoms. The molecule has 2 rings (SSSR count). The minimum Gasteiger partial charge on any atom is -0.483 e. The summed E-state index contributed by atoms with van der Waals surface area (Å²) in [6, 6.07) is 13.1. The predicted molar refractivity (Wildman–Crippen MR) is 85.7 cm³/mol. The largest absolute Gasteiger partial charge is 0.483 e. The Morgan fingerprint density at radius 3 is 2.48 bits per heavy atom. The molecular formula is C17H20N2O2. The van der Waals surface area contributed by atoms with Gasteiger partial charge in [0.2, 0.25) is 0 Å². The van der Waals surface area contributed by atoms with Crippen LogP contribution in [0.3, 0.4) is 0 Å². The van der Waals surface area contributed by atoms with Crippen molar-refractivity contribution in [1.82, 2.24) is 0 Å². The number of aryl methyl sites for hydroxylation is 2. The van der Waals surface area contributed by atoms with Crippen molar-refractivity contribution in [2.24, 2.45) is 0 Å². The monoisotopic (exact) mass is 284 g/mol. The van der Waals surface area contributed by atoms with Crippen LogP contribution in [0.2, 0.25) is 0 Å². The van der Waals surface area contributed by atoms with E-state index >= 15 is 0 Å². The molecule has 0 aliphatic carbocycles. The second-order valence-electron chi connectivity index (χ2n) is 5.10. The van der Waals surface area contributed by atoms with Crippen LogP contribution in [0, 0.1) is 13.8 Å². The number of likely N-dealkylation sites (N-methyl/N-ethyl adjacent to an activating group) is 1. The van der Waals surface area contributed by atoms with Crippen molar-refractivity contribution < 1.29 is 9.53 Å². The summed E-state index contributed by atoms with van der Waals surface area (Å²) in [5.41, 5.74) is 9.23. The van der Waals surface area contributed by atoms with Gasteiger partial charge in [-0.3, -0.25) is 4.79 Å². The second-order valence-corrected chi connectivity index (χ2v) is 5.10. The maximum absolute atomic E-state index is 12.2. The van der Waals surface area contributed by atoms with Gasteiger partial charge < -0.3 is 15.4 Å². The van der Waals surface area contributed by atoms with E-state index in [4.69, 9.17) is 10.5 Å². The summed E-state index contributed by atoms with van der Waals surface area (Å²) < 4.78 is 5.63. The Morgan fingerprint density at radius 1 is 1.14 bits per heavy atom. The fraction of sp³-hybridized carbons (Fsp3) is 0.235. The molecule has 0 saturated heterocycles. The Balaban J connectivity index is 2.01. The van der Waals surface area contributed by atoms with Crippen molar-refractivity contribution in [3.63, 3.8) is 0 Å². The number of carbonyl (C=O) groups is 1. The number of nitrogen functional groups attached to an aromatic ring is 1. The third kappa shape index (κ3) is 3.75. The molecule has 0 unspecified atom stereocenters. The number of anilines is 2. The summed E-state index contributed by atoms with van der Waals surface area (Å²) in [6.45, 7) is 3.96. The van der Waals surface area contributed by atoms with Gasteiger partial charge in [-0.25, -0.2) is 0 Å². The van der Waals surface area contributed by atoms with Gasteiger partial charge in [0.15, 0.2) is 6.61 Å². The summed E-state index contributed by atoms with van der Waals surface area (Å²) in [7, 11) is 1.72. The molecule has 2 N–H and O–H groups in total. The van der Waals surface area contributed by atoms with E-state index in [1.54, 1.807) is 24.1 Å². The molecule has 2 aromatic rings. The lowest BCUT2D eigenvalue weighted by atomic mass is 10.1. The average molecular weight is 284 g/mol. The van der Waals surface area contributed by atoms with Crippen LogP contribution in [0.4, 0.5) is 11.4 Å². The summed E-state index contributed by atoms with van der Waals surface area (Å²) >= 11 is 0. The molecule has 2 aromatic carbocycles. The smallest absolute Gasteiger partial charge is 0.264 e. The maximum Gasteiger partial charge on any atom is 0.264 e. The summed E-state index contributed by atoms with van der Waals surface area (Å²) in [4.78, 5) is 13.7. The zero-order valence-electron chi connectivity index (χ0n) is 12.6. The fourth-order valence-electron chi connectivity index (χ4n) is 1.94. The molecule has 0 aliphatic heterocycles. The standard InChI is InChI=1S/C17H20N2O2/c1-12-4-5-13(2)16(10-12)21-11-17(20)19(3)15-8-6-14(18)7-9-15/h4-10H,11,18H2,1-3H3. The fourth-order valence-corrected chi connectivity index (χ4v) is 1.94. The van der Waals surface area contributed by atoms with E-state index in [1.807, 2.05) is 44.2 Å². The molecule has 0 aliphatic rings. The van der Waals surface area contributed by atoms with Gasteiger partial charge >= 0.3 is 0 Å². The van der Waals surface area contributed by atoms with Gasteiger partial charge in [0.1, 0.15) is 5.75 Å². The molecule has 1 amide bonds. The number of benzene rings is 2. The van der Waals surface area contributed by atoms with Crippen molar-refractivity contribution in [2.75, 3.05) is 24.3 Å². The van der Waals surface area contributed by atoms with Crippen molar-refractivity contribution in [1.29, 1.82) is 0 Å². The lowest BCUT2D eigenvalue weighted by Crippen LogP contribution is -2.31. The predicted octanol–water partition coefficient (Wildman–Crippen LogP) is 2.93. The van der Waals surface area contributed by atoms with E-state index in [0.29, 0.717) is 5.69 Å². The Kier molecular flexibility index (Phi) is 4.48. The molecular weight excluding hydrogens is 264 g/mol. The Labute approximate surface area is 125 Å². The van der Waals surface area contributed by atoms with Crippen molar-refractivity contribution in [3.05, 3.63) is 53.6 Å². The zero-order valence-corrected chi connectivity index (χ0v) is 12.6. The molecule has 0 atom stereocenters. The van der Waals surface area contributed by atoms with E-state index in [0.717, 1.165) is 22.6 Å². The highest BCUT2D eigenvalue weighted by atomic mass is 16.5. The number of amides is 1. The normalized spacial score (nSPS) is 10.2. The number of rotatable bonds is 4. The number of hydrogen-bond acceptors (Lipinski definition) is 3. The van der Waals surface area contributed by atoms with Crippen LogP contribution in [0.15, 0.2) is 42.5 Å². The second kappa shape index (κ2) is 6.31. The highest BCUT2D eigenvalue weighted by molar-refractivity contribution is 5.94. The van der Waals surface area contributed by atoms with E-state index in [1.165, 1.54) is 0 Å². The Bertz CT molecular complexity index is 636. The SMILES string of the molecule is Cc1ccc(C)c(OCC(=O)N(C)c2ccc(N)cc2)c1. The molecule has 0 saturated carbocycles. The van der Waals surface area contributed by atoms with Gasteiger partial charge in [0.25, 0.3) is 5.91 Å². The zero-order chi connectivity index (χ0) is 15.4. The molecule has 0 spiro atoms. The minimum atomic E-state index is -0.110. The maximum atomic E-state index is 12.2. The number of ether oxygens (including phenoxy) is 1. The van der Waals surface area contributed by atoms with Crippen LogP contribution >= 0.6 is 0 Å². The number of nitrogens with two attached hydrogens (primary N) is 1. The van der Waals surface area contributed by atoms with E-state index in [-0.39, 0.29) is 12.5 Å².